The Bertz CT molecular complexity index is 795. The van der Waals surface area contributed by atoms with Gasteiger partial charge in [-0.15, -0.1) is 0 Å². The molecule has 4 heteroatoms. The normalized spacial score (nSPS) is 21.0. The highest BCUT2D eigenvalue weighted by Crippen LogP contribution is 2.37. The number of hydrogen-bond acceptors (Lipinski definition) is 3. The van der Waals surface area contributed by atoms with Crippen molar-refractivity contribution in [1.29, 1.82) is 0 Å². The number of carbonyl (C=O) groups is 2. The van der Waals surface area contributed by atoms with Crippen LogP contribution in [0.2, 0.25) is 0 Å². The summed E-state index contributed by atoms with van der Waals surface area (Å²) in [6.07, 6.45) is -0.390. The number of imide groups is 1. The quantitative estimate of drug-likeness (QED) is 0.766. The van der Waals surface area contributed by atoms with Crippen LogP contribution in [0, 0.1) is 11.3 Å². The molecule has 0 radical (unpaired) electrons. The molecule has 1 aliphatic rings. The van der Waals surface area contributed by atoms with Gasteiger partial charge in [0.25, 0.3) is 0 Å². The highest BCUT2D eigenvalue weighted by molar-refractivity contribution is 5.95. The maximum Gasteiger partial charge on any atom is 0.417 e. The van der Waals surface area contributed by atoms with Crippen LogP contribution in [0.25, 0.3) is 0 Å². The van der Waals surface area contributed by atoms with Gasteiger partial charge in [0.15, 0.2) is 0 Å². The van der Waals surface area contributed by atoms with Gasteiger partial charge in [0.05, 0.1) is 6.04 Å². The van der Waals surface area contributed by atoms with Crippen LogP contribution in [-0.4, -0.2) is 22.9 Å². The first kappa shape index (κ1) is 19.2. The van der Waals surface area contributed by atoms with Crippen LogP contribution in [-0.2, 0) is 16.0 Å². The van der Waals surface area contributed by atoms with Gasteiger partial charge in [0, 0.05) is 5.92 Å². The Morgan fingerprint density at radius 2 is 1.59 bits per heavy atom. The zero-order valence-electron chi connectivity index (χ0n) is 16.4. The van der Waals surface area contributed by atoms with Crippen molar-refractivity contribution in [2.24, 2.45) is 11.3 Å². The Morgan fingerprint density at radius 1 is 1.04 bits per heavy atom. The van der Waals surface area contributed by atoms with Crippen LogP contribution in [0.1, 0.15) is 44.9 Å². The molecule has 3 atom stereocenters. The lowest BCUT2D eigenvalue weighted by Gasteiger charge is -2.33. The first-order chi connectivity index (χ1) is 12.8. The number of hydrogen-bond donors (Lipinski definition) is 0. The van der Waals surface area contributed by atoms with Crippen LogP contribution in [0.3, 0.4) is 0 Å². The van der Waals surface area contributed by atoms with Crippen LogP contribution in [0.4, 0.5) is 4.79 Å². The Kier molecular flexibility index (Phi) is 5.36. The molecule has 0 aromatic heterocycles. The van der Waals surface area contributed by atoms with Gasteiger partial charge >= 0.3 is 6.09 Å². The molecule has 0 aliphatic carbocycles. The second-order valence-corrected chi connectivity index (χ2v) is 8.27. The molecule has 2 amide bonds. The van der Waals surface area contributed by atoms with Gasteiger partial charge < -0.3 is 4.74 Å². The lowest BCUT2D eigenvalue weighted by atomic mass is 9.76. The van der Waals surface area contributed by atoms with Crippen molar-refractivity contribution in [2.75, 3.05) is 0 Å². The Labute approximate surface area is 161 Å². The van der Waals surface area contributed by atoms with Crippen molar-refractivity contribution >= 4 is 12.0 Å². The maximum atomic E-state index is 13.4. The molecule has 2 aromatic carbocycles. The summed E-state index contributed by atoms with van der Waals surface area (Å²) < 4.78 is 5.57. The van der Waals surface area contributed by atoms with E-state index in [1.54, 1.807) is 0 Å². The lowest BCUT2D eigenvalue weighted by molar-refractivity contribution is -0.136. The van der Waals surface area contributed by atoms with Gasteiger partial charge in [-0.3, -0.25) is 4.79 Å². The Morgan fingerprint density at radius 3 is 2.15 bits per heavy atom. The molecule has 27 heavy (non-hydrogen) atoms. The second-order valence-electron chi connectivity index (χ2n) is 8.27. The molecule has 0 bridgehead atoms. The topological polar surface area (TPSA) is 46.6 Å². The largest absolute Gasteiger partial charge is 0.439 e. The van der Waals surface area contributed by atoms with Crippen molar-refractivity contribution in [3.8, 4) is 0 Å². The minimum Gasteiger partial charge on any atom is -0.439 e. The fraction of sp³-hybridized carbons (Fsp3) is 0.391. The SMILES string of the molecule is C[C@H]1[C@@H](c2ccccc2)OC(=O)N1C(=O)[C@@H](Cc1ccccc1)C(C)(C)C. The van der Waals surface area contributed by atoms with Crippen LogP contribution < -0.4 is 0 Å². The monoisotopic (exact) mass is 365 g/mol. The average Bonchev–Trinajstić information content (AvgIpc) is 2.94. The molecular formula is C23H27NO3. The van der Waals surface area contributed by atoms with Gasteiger partial charge in [-0.05, 0) is 29.9 Å². The smallest absolute Gasteiger partial charge is 0.417 e. The standard InChI is InChI=1S/C23H27NO3/c1-16-20(18-13-9-6-10-14-18)27-22(26)24(16)21(25)19(23(2,3)4)15-17-11-7-5-8-12-17/h5-14,16,19-20H,15H2,1-4H3/t16-,19+,20-/m0/s1. The number of carbonyl (C=O) groups excluding carboxylic acids is 2. The van der Waals surface area contributed by atoms with E-state index in [9.17, 15) is 9.59 Å². The predicted octanol–water partition coefficient (Wildman–Crippen LogP) is 5.00. The Balaban J connectivity index is 1.86. The van der Waals surface area contributed by atoms with Gasteiger partial charge in [-0.1, -0.05) is 81.4 Å². The number of amides is 2. The van der Waals surface area contributed by atoms with E-state index in [4.69, 9.17) is 4.74 Å². The van der Waals surface area contributed by atoms with Gasteiger partial charge in [0.2, 0.25) is 5.91 Å². The van der Waals surface area contributed by atoms with E-state index in [1.807, 2.05) is 88.4 Å². The van der Waals surface area contributed by atoms with Crippen molar-refractivity contribution in [3.63, 3.8) is 0 Å². The number of nitrogens with zero attached hydrogens (tertiary/aromatic N) is 1. The third-order valence-electron chi connectivity index (χ3n) is 5.26. The summed E-state index contributed by atoms with van der Waals surface area (Å²) in [5, 5.41) is 0. The van der Waals surface area contributed by atoms with Crippen molar-refractivity contribution in [3.05, 3.63) is 71.8 Å². The summed E-state index contributed by atoms with van der Waals surface area (Å²) in [6, 6.07) is 19.2. The van der Waals surface area contributed by atoms with E-state index < -0.39 is 12.2 Å². The van der Waals surface area contributed by atoms with Crippen LogP contribution in [0.15, 0.2) is 60.7 Å². The minimum absolute atomic E-state index is 0.165. The molecule has 142 valence electrons. The van der Waals surface area contributed by atoms with Crippen molar-refractivity contribution in [2.45, 2.75) is 46.3 Å². The molecular weight excluding hydrogens is 338 g/mol. The van der Waals surface area contributed by atoms with E-state index in [1.165, 1.54) is 4.90 Å². The molecule has 4 nitrogen and oxygen atoms in total. The third kappa shape index (κ3) is 4.05. The molecule has 0 saturated carbocycles. The molecule has 0 unspecified atom stereocenters. The van der Waals surface area contributed by atoms with E-state index >= 15 is 0 Å². The predicted molar refractivity (Wildman–Crippen MR) is 105 cm³/mol. The average molecular weight is 365 g/mol. The summed E-state index contributed by atoms with van der Waals surface area (Å²) in [5.41, 5.74) is 1.72. The highest BCUT2D eigenvalue weighted by Gasteiger charge is 2.47. The van der Waals surface area contributed by atoms with Crippen molar-refractivity contribution in [1.82, 2.24) is 4.90 Å². The number of benzene rings is 2. The summed E-state index contributed by atoms with van der Waals surface area (Å²) >= 11 is 0. The molecule has 1 saturated heterocycles. The maximum absolute atomic E-state index is 13.4. The molecule has 3 rings (SSSR count). The fourth-order valence-corrected chi connectivity index (χ4v) is 3.63. The number of cyclic esters (lactones) is 1. The molecule has 0 spiro atoms. The fourth-order valence-electron chi connectivity index (χ4n) is 3.63. The molecule has 1 heterocycles. The number of rotatable bonds is 4. The summed E-state index contributed by atoms with van der Waals surface area (Å²) in [6.45, 7) is 8.00. The van der Waals surface area contributed by atoms with E-state index in [0.717, 1.165) is 11.1 Å². The molecule has 0 N–H and O–H groups in total. The van der Waals surface area contributed by atoms with Gasteiger partial charge in [0.1, 0.15) is 6.10 Å². The lowest BCUT2D eigenvalue weighted by Crippen LogP contribution is -2.46. The Hall–Kier alpha value is -2.62. The summed E-state index contributed by atoms with van der Waals surface area (Å²) in [4.78, 5) is 27.3. The minimum atomic E-state index is -0.552. The van der Waals surface area contributed by atoms with Crippen LogP contribution in [0.5, 0.6) is 0 Å². The van der Waals surface area contributed by atoms with E-state index in [2.05, 4.69) is 0 Å². The number of ether oxygens (including phenoxy) is 1. The van der Waals surface area contributed by atoms with E-state index in [0.29, 0.717) is 6.42 Å². The first-order valence-electron chi connectivity index (χ1n) is 9.41. The molecule has 2 aromatic rings. The van der Waals surface area contributed by atoms with Crippen molar-refractivity contribution < 1.29 is 14.3 Å². The third-order valence-corrected chi connectivity index (χ3v) is 5.26. The second kappa shape index (κ2) is 7.55. The first-order valence-corrected chi connectivity index (χ1v) is 9.41. The zero-order valence-corrected chi connectivity index (χ0v) is 16.4. The highest BCUT2D eigenvalue weighted by atomic mass is 16.6. The zero-order chi connectivity index (χ0) is 19.6. The molecule has 1 aliphatic heterocycles. The molecule has 1 fully saturated rings. The van der Waals surface area contributed by atoms with Crippen LogP contribution >= 0.6 is 0 Å². The van der Waals surface area contributed by atoms with Gasteiger partial charge in [-0.2, -0.15) is 0 Å². The summed E-state index contributed by atoms with van der Waals surface area (Å²) in [7, 11) is 0. The van der Waals surface area contributed by atoms with Gasteiger partial charge in [-0.25, -0.2) is 9.69 Å². The van der Waals surface area contributed by atoms with E-state index in [-0.39, 0.29) is 23.3 Å². The summed E-state index contributed by atoms with van der Waals surface area (Å²) in [5.74, 6) is -0.480.